The monoisotopic (exact) mass is 715 g/mol. The number of aliphatic imine (C=N–C) groups is 1. The molecule has 7 rings (SSSR count). The summed E-state index contributed by atoms with van der Waals surface area (Å²) in [6.07, 6.45) is -2.72. The molecule has 14 heteroatoms. The molecular weight excluding hydrogens is 683 g/mol. The van der Waals surface area contributed by atoms with Gasteiger partial charge in [-0.05, 0) is 66.4 Å². The van der Waals surface area contributed by atoms with Crippen molar-refractivity contribution in [2.24, 2.45) is 4.99 Å². The maximum absolute atomic E-state index is 14.8. The number of para-hydroxylation sites is 1. The van der Waals surface area contributed by atoms with E-state index in [1.165, 1.54) is 28.2 Å². The minimum Gasteiger partial charge on any atom is -0.465 e. The first-order chi connectivity index (χ1) is 24.5. The number of nitrogens with one attached hydrogen (secondary N) is 1. The molecule has 0 aliphatic carbocycles. The van der Waals surface area contributed by atoms with Crippen LogP contribution in [0.1, 0.15) is 18.4 Å². The zero-order valence-electron chi connectivity index (χ0n) is 27.0. The predicted octanol–water partition coefficient (Wildman–Crippen LogP) is 7.49. The number of hydrogen-bond acceptors (Lipinski definition) is 7. The average Bonchev–Trinajstić information content (AvgIpc) is 3.52. The molecule has 5 aromatic rings. The van der Waals surface area contributed by atoms with Crippen LogP contribution in [0.5, 0.6) is 11.5 Å². The number of piperidine rings is 1. The van der Waals surface area contributed by atoms with Crippen molar-refractivity contribution in [1.29, 1.82) is 0 Å². The van der Waals surface area contributed by atoms with Gasteiger partial charge in [-0.15, -0.1) is 0 Å². The average molecular weight is 716 g/mol. The van der Waals surface area contributed by atoms with E-state index >= 15 is 0 Å². The number of hydrazine groups is 1. The first kappa shape index (κ1) is 33.9. The maximum atomic E-state index is 14.8. The summed E-state index contributed by atoms with van der Waals surface area (Å²) in [5, 5.41) is 10.8. The number of likely N-dealkylation sites (tertiary alicyclic amines) is 1. The number of ether oxygens (including phenoxy) is 1. The molecule has 2 aliphatic rings. The Morgan fingerprint density at radius 2 is 1.61 bits per heavy atom. The number of carboxylic acid groups (broad SMARTS) is 1. The number of benzene rings is 4. The van der Waals surface area contributed by atoms with Crippen molar-refractivity contribution in [3.8, 4) is 22.6 Å². The molecule has 2 aliphatic heterocycles. The number of halogens is 3. The molecule has 1 atom stereocenters. The third kappa shape index (κ3) is 7.05. The minimum absolute atomic E-state index is 0.00448. The molecule has 3 heterocycles. The highest BCUT2D eigenvalue weighted by Gasteiger charge is 2.41. The van der Waals surface area contributed by atoms with Crippen molar-refractivity contribution in [3.05, 3.63) is 127 Å². The molecule has 10 nitrogen and oxygen atoms in total. The van der Waals surface area contributed by atoms with E-state index in [-0.39, 0.29) is 34.6 Å². The van der Waals surface area contributed by atoms with Gasteiger partial charge in [-0.2, -0.15) is 13.2 Å². The third-order valence-corrected chi connectivity index (χ3v) is 10.4. The van der Waals surface area contributed by atoms with Gasteiger partial charge in [0.2, 0.25) is 0 Å². The molecule has 2 N–H and O–H groups in total. The summed E-state index contributed by atoms with van der Waals surface area (Å²) in [6, 6.07) is 28.6. The predicted molar refractivity (Wildman–Crippen MR) is 186 cm³/mol. The second-order valence-corrected chi connectivity index (χ2v) is 14.0. The Hall–Kier alpha value is -5.60. The number of fused-ring (bicyclic) bond motifs is 1. The minimum atomic E-state index is -4.86. The SMILES string of the molecule is O=C(O)N1CCC[C@H](NN2C=C(C(F)(F)F)C(c3cn(S(=O)(=O)c4ccccc4)c4cc(-c5cccc(Oc6ccccc6)c5)ccc34)=NC2)C1. The Labute approximate surface area is 291 Å². The molecule has 4 aromatic carbocycles. The molecule has 262 valence electrons. The second kappa shape index (κ2) is 13.6. The Kier molecular flexibility index (Phi) is 9.04. The topological polar surface area (TPSA) is 116 Å². The summed E-state index contributed by atoms with van der Waals surface area (Å²) < 4.78 is 79.4. The molecule has 1 aromatic heterocycles. The van der Waals surface area contributed by atoms with Gasteiger partial charge in [-0.1, -0.05) is 60.7 Å². The second-order valence-electron chi connectivity index (χ2n) is 12.2. The van der Waals surface area contributed by atoms with Crippen LogP contribution in [0, 0.1) is 0 Å². The molecule has 0 unspecified atom stereocenters. The Morgan fingerprint density at radius 3 is 2.33 bits per heavy atom. The molecule has 1 amide bonds. The standard InChI is InChI=1S/C37H32F3N5O5S/c38-37(39,40)33-23-44(42-27-10-8-18-43(21-27)36(46)47)24-41-35(33)32-22-45(51(48,49)30-14-5-2-6-15-30)34-20-26(16-17-31(32)34)25-9-7-13-29(19-25)50-28-11-3-1-4-12-28/h1-7,9,11-17,19-20,22-23,27,42H,8,10,18,21,24H2,(H,46,47)/t27-/m0/s1. The van der Waals surface area contributed by atoms with E-state index in [1.807, 2.05) is 36.4 Å². The summed E-state index contributed by atoms with van der Waals surface area (Å²) >= 11 is 0. The largest absolute Gasteiger partial charge is 0.465 e. The molecule has 1 fully saturated rings. The molecule has 0 radical (unpaired) electrons. The van der Waals surface area contributed by atoms with Gasteiger partial charge in [0.15, 0.2) is 0 Å². The zero-order chi connectivity index (χ0) is 35.8. The Morgan fingerprint density at radius 1 is 0.902 bits per heavy atom. The number of hydrogen-bond donors (Lipinski definition) is 2. The summed E-state index contributed by atoms with van der Waals surface area (Å²) in [5.74, 6) is 1.18. The quantitative estimate of drug-likeness (QED) is 0.171. The Balaban J connectivity index is 1.30. The van der Waals surface area contributed by atoms with Crippen molar-refractivity contribution in [2.45, 2.75) is 30.0 Å². The van der Waals surface area contributed by atoms with Gasteiger partial charge in [0, 0.05) is 42.5 Å². The lowest BCUT2D eigenvalue weighted by Gasteiger charge is -2.36. The van der Waals surface area contributed by atoms with Crippen molar-refractivity contribution >= 4 is 32.7 Å². The van der Waals surface area contributed by atoms with Crippen molar-refractivity contribution in [3.63, 3.8) is 0 Å². The van der Waals surface area contributed by atoms with E-state index < -0.39 is 39.6 Å². The van der Waals surface area contributed by atoms with Crippen LogP contribution in [0.15, 0.2) is 131 Å². The van der Waals surface area contributed by atoms with Crippen LogP contribution in [0.4, 0.5) is 18.0 Å². The van der Waals surface area contributed by atoms with Crippen LogP contribution in [-0.4, -0.2) is 71.2 Å². The summed E-state index contributed by atoms with van der Waals surface area (Å²) in [6.45, 7) is 0.249. The molecule has 1 saturated heterocycles. The summed E-state index contributed by atoms with van der Waals surface area (Å²) in [7, 11) is -4.27. The van der Waals surface area contributed by atoms with Crippen LogP contribution < -0.4 is 10.2 Å². The third-order valence-electron chi connectivity index (χ3n) is 8.74. The maximum Gasteiger partial charge on any atom is 0.419 e. The molecule has 0 bridgehead atoms. The molecule has 51 heavy (non-hydrogen) atoms. The van der Waals surface area contributed by atoms with Crippen LogP contribution in [0.3, 0.4) is 0 Å². The van der Waals surface area contributed by atoms with Crippen molar-refractivity contribution < 1.29 is 36.2 Å². The first-order valence-corrected chi connectivity index (χ1v) is 17.6. The highest BCUT2D eigenvalue weighted by atomic mass is 32.2. The van der Waals surface area contributed by atoms with Crippen LogP contribution >= 0.6 is 0 Å². The molecule has 0 saturated carbocycles. The first-order valence-electron chi connectivity index (χ1n) is 16.1. The highest BCUT2D eigenvalue weighted by molar-refractivity contribution is 7.90. The van der Waals surface area contributed by atoms with Crippen molar-refractivity contribution in [1.82, 2.24) is 19.3 Å². The van der Waals surface area contributed by atoms with E-state index in [4.69, 9.17) is 4.74 Å². The lowest BCUT2D eigenvalue weighted by atomic mass is 9.98. The number of alkyl halides is 3. The number of carbonyl (C=O) groups is 1. The van der Waals surface area contributed by atoms with E-state index in [0.717, 1.165) is 10.2 Å². The van der Waals surface area contributed by atoms with Gasteiger partial charge in [0.25, 0.3) is 10.0 Å². The van der Waals surface area contributed by atoms with Crippen LogP contribution in [0.2, 0.25) is 0 Å². The lowest BCUT2D eigenvalue weighted by molar-refractivity contribution is -0.0879. The number of rotatable bonds is 8. The fourth-order valence-electron chi connectivity index (χ4n) is 6.33. The lowest BCUT2D eigenvalue weighted by Crippen LogP contribution is -2.52. The highest BCUT2D eigenvalue weighted by Crippen LogP contribution is 2.37. The van der Waals surface area contributed by atoms with E-state index in [1.54, 1.807) is 54.6 Å². The fraction of sp³-hybridized carbons (Fsp3) is 0.189. The number of amides is 1. The van der Waals surface area contributed by atoms with Crippen molar-refractivity contribution in [2.75, 3.05) is 19.8 Å². The van der Waals surface area contributed by atoms with E-state index in [9.17, 15) is 31.5 Å². The molecular formula is C37H32F3N5O5S. The zero-order valence-corrected chi connectivity index (χ0v) is 27.8. The van der Waals surface area contributed by atoms with Gasteiger partial charge in [0.05, 0.1) is 21.7 Å². The van der Waals surface area contributed by atoms with Gasteiger partial charge < -0.3 is 14.7 Å². The van der Waals surface area contributed by atoms with Gasteiger partial charge >= 0.3 is 12.3 Å². The van der Waals surface area contributed by atoms with E-state index in [0.29, 0.717) is 42.0 Å². The van der Waals surface area contributed by atoms with Gasteiger partial charge in [-0.3, -0.25) is 10.0 Å². The number of allylic oxidation sites excluding steroid dienone is 1. The van der Waals surface area contributed by atoms with Crippen LogP contribution in [0.25, 0.3) is 22.0 Å². The normalized spacial score (nSPS) is 16.9. The smallest absolute Gasteiger partial charge is 0.419 e. The number of nitrogens with zero attached hydrogens (tertiary/aromatic N) is 4. The number of aromatic nitrogens is 1. The molecule has 0 spiro atoms. The van der Waals surface area contributed by atoms with E-state index in [2.05, 4.69) is 10.4 Å². The fourth-order valence-corrected chi connectivity index (χ4v) is 7.71. The summed E-state index contributed by atoms with van der Waals surface area (Å²) in [4.78, 5) is 17.0. The van der Waals surface area contributed by atoms with Gasteiger partial charge in [-0.25, -0.2) is 22.6 Å². The van der Waals surface area contributed by atoms with Crippen LogP contribution in [-0.2, 0) is 10.0 Å². The Bertz CT molecular complexity index is 2260. The van der Waals surface area contributed by atoms with Gasteiger partial charge in [0.1, 0.15) is 18.2 Å². The summed E-state index contributed by atoms with van der Waals surface area (Å²) in [5.41, 5.74) is 2.99.